The Morgan fingerprint density at radius 1 is 0.480 bits per heavy atom. The van der Waals surface area contributed by atoms with E-state index in [0.29, 0.717) is 0 Å². The van der Waals surface area contributed by atoms with E-state index in [0.717, 1.165) is 0 Å². The minimum absolute atomic E-state index is 0. The van der Waals surface area contributed by atoms with Gasteiger partial charge < -0.3 is 0 Å². The molecule has 0 aromatic heterocycles. The van der Waals surface area contributed by atoms with Gasteiger partial charge in [-0.1, -0.05) is 41.5 Å². The summed E-state index contributed by atoms with van der Waals surface area (Å²) in [5, 5.41) is 0. The molecule has 0 saturated carbocycles. The molecule has 0 unspecified atom stereocenters. The van der Waals surface area contributed by atoms with Crippen molar-refractivity contribution in [3.8, 4) is 0 Å². The Morgan fingerprint density at radius 3 is 0.840 bits per heavy atom. The summed E-state index contributed by atoms with van der Waals surface area (Å²) in [6.07, 6.45) is 0. The van der Waals surface area contributed by atoms with Gasteiger partial charge in [0.15, 0.2) is 0 Å². The second-order valence-electron chi connectivity index (χ2n) is 5.93. The van der Waals surface area contributed by atoms with Crippen molar-refractivity contribution in [3.05, 3.63) is 106 Å². The topological polar surface area (TPSA) is 0 Å². The van der Waals surface area contributed by atoms with Crippen molar-refractivity contribution in [2.24, 2.45) is 0 Å². The predicted octanol–water partition coefficient (Wildman–Crippen LogP) is 6.31. The van der Waals surface area contributed by atoms with E-state index in [1.165, 1.54) is 33.4 Å². The van der Waals surface area contributed by atoms with Crippen LogP contribution in [-0.4, -0.2) is 0 Å². The van der Waals surface area contributed by atoms with Gasteiger partial charge in [-0.3, -0.25) is 0 Å². The number of hydrogen-bond donors (Lipinski definition) is 0. The van der Waals surface area contributed by atoms with Crippen molar-refractivity contribution in [3.63, 3.8) is 0 Å². The summed E-state index contributed by atoms with van der Waals surface area (Å²) < 4.78 is 0. The maximum atomic E-state index is 3.10. The first-order valence-corrected chi connectivity index (χ1v) is 8.23. The maximum absolute atomic E-state index is 3.10. The predicted molar refractivity (Wildman–Crippen MR) is 104 cm³/mol. The van der Waals surface area contributed by atoms with Crippen LogP contribution < -0.4 is 0 Å². The van der Waals surface area contributed by atoms with Crippen LogP contribution in [0.15, 0.2) is 54.6 Å². The Morgan fingerprint density at radius 2 is 0.720 bits per heavy atom. The van der Waals surface area contributed by atoms with Crippen LogP contribution in [0.2, 0.25) is 0 Å². The normalized spacial score (nSPS) is 8.88. The third-order valence-corrected chi connectivity index (χ3v) is 4.00. The van der Waals surface area contributed by atoms with Crippen LogP contribution in [0.25, 0.3) is 0 Å². The smallest absolute Gasteiger partial charge is 0.180 e. The fourth-order valence-electron chi connectivity index (χ4n) is 1.81. The Hall–Kier alpha value is -1.82. The summed E-state index contributed by atoms with van der Waals surface area (Å²) in [4.78, 5) is 0. The summed E-state index contributed by atoms with van der Waals surface area (Å²) in [7, 11) is 0. The van der Waals surface area contributed by atoms with Crippen molar-refractivity contribution < 1.29 is 17.1 Å². The molecular formula is C24H27Fe. The second kappa shape index (κ2) is 12.5. The van der Waals surface area contributed by atoms with Gasteiger partial charge in [0.2, 0.25) is 0 Å². The molecule has 0 aliphatic carbocycles. The van der Waals surface area contributed by atoms with E-state index in [2.05, 4.69) is 77.9 Å². The molecule has 3 rings (SSSR count). The molecule has 0 fully saturated rings. The molecule has 131 valence electrons. The molecule has 0 spiro atoms. The monoisotopic (exact) mass is 371 g/mol. The van der Waals surface area contributed by atoms with E-state index >= 15 is 0 Å². The second-order valence-corrected chi connectivity index (χ2v) is 5.93. The Labute approximate surface area is 164 Å². The van der Waals surface area contributed by atoms with Gasteiger partial charge in [0.1, 0.15) is 0 Å². The van der Waals surface area contributed by atoms with Gasteiger partial charge in [-0.15, -0.1) is 0 Å². The van der Waals surface area contributed by atoms with Crippen LogP contribution >= 0.6 is 0 Å². The maximum Gasteiger partial charge on any atom is 3.00 e. The molecule has 25 heavy (non-hydrogen) atoms. The standard InChI is InChI=1S/3C8H9.Fe/c3*1-7-5-3-4-6-8(7)2;/h3*3-5H,1-2H3;/q3*-1;+3. The zero-order chi connectivity index (χ0) is 17.9. The van der Waals surface area contributed by atoms with E-state index < -0.39 is 0 Å². The van der Waals surface area contributed by atoms with Gasteiger partial charge in [-0.05, 0) is 0 Å². The van der Waals surface area contributed by atoms with Crippen LogP contribution in [0, 0.1) is 59.7 Å². The molecule has 0 nitrogen and oxygen atoms in total. The first kappa shape index (κ1) is 23.2. The fraction of sp³-hybridized carbons (Fsp3) is 0.250. The summed E-state index contributed by atoms with van der Waals surface area (Å²) in [6.45, 7) is 12.5. The zero-order valence-electron chi connectivity index (χ0n) is 16.0. The van der Waals surface area contributed by atoms with Crippen molar-refractivity contribution in [2.45, 2.75) is 41.5 Å². The number of benzene rings is 3. The van der Waals surface area contributed by atoms with Crippen LogP contribution in [0.3, 0.4) is 0 Å². The van der Waals surface area contributed by atoms with E-state index in [1.54, 1.807) is 0 Å². The molecule has 0 N–H and O–H groups in total. The average molecular weight is 371 g/mol. The van der Waals surface area contributed by atoms with E-state index in [-0.39, 0.29) is 17.1 Å². The quantitative estimate of drug-likeness (QED) is 0.321. The van der Waals surface area contributed by atoms with Crippen molar-refractivity contribution >= 4 is 0 Å². The van der Waals surface area contributed by atoms with E-state index in [1.807, 2.05) is 36.4 Å². The molecular weight excluding hydrogens is 344 g/mol. The number of rotatable bonds is 0. The summed E-state index contributed by atoms with van der Waals surface area (Å²) in [5.41, 5.74) is 7.67. The molecule has 0 heterocycles. The van der Waals surface area contributed by atoms with Crippen LogP contribution in [0.5, 0.6) is 0 Å². The Kier molecular flexibility index (Phi) is 11.6. The summed E-state index contributed by atoms with van der Waals surface area (Å²) in [5.74, 6) is 0. The largest absolute Gasteiger partial charge is 3.00 e. The van der Waals surface area contributed by atoms with Crippen molar-refractivity contribution in [2.75, 3.05) is 0 Å². The van der Waals surface area contributed by atoms with Crippen LogP contribution in [0.1, 0.15) is 33.4 Å². The molecule has 1 heteroatoms. The van der Waals surface area contributed by atoms with Gasteiger partial charge in [0, 0.05) is 0 Å². The minimum atomic E-state index is 0. The van der Waals surface area contributed by atoms with E-state index in [9.17, 15) is 0 Å². The molecule has 0 atom stereocenters. The molecule has 0 aliphatic heterocycles. The van der Waals surface area contributed by atoms with Gasteiger partial charge in [-0.25, -0.2) is 0 Å². The van der Waals surface area contributed by atoms with Crippen molar-refractivity contribution in [1.82, 2.24) is 0 Å². The zero-order valence-corrected chi connectivity index (χ0v) is 17.2. The molecule has 0 amide bonds. The molecule has 0 saturated heterocycles. The Bertz CT molecular complexity index is 578. The molecule has 0 aliphatic rings. The Balaban J connectivity index is 0.000000339. The van der Waals surface area contributed by atoms with Gasteiger partial charge in [0.05, 0.1) is 0 Å². The van der Waals surface area contributed by atoms with Crippen molar-refractivity contribution in [1.29, 1.82) is 0 Å². The van der Waals surface area contributed by atoms with Crippen LogP contribution in [-0.2, 0) is 17.1 Å². The SMILES string of the molecule is Cc1[c-]cccc1C.Cc1[c-]cccc1C.Cc1[c-]cccc1C.[Fe+3]. The van der Waals surface area contributed by atoms with E-state index in [4.69, 9.17) is 0 Å². The van der Waals surface area contributed by atoms with Gasteiger partial charge in [0.25, 0.3) is 0 Å². The third-order valence-electron chi connectivity index (χ3n) is 4.00. The number of hydrogen-bond acceptors (Lipinski definition) is 0. The fourth-order valence-corrected chi connectivity index (χ4v) is 1.81. The first-order chi connectivity index (χ1) is 11.4. The van der Waals surface area contributed by atoms with Gasteiger partial charge >= 0.3 is 17.1 Å². The molecule has 3 aromatic carbocycles. The molecule has 0 bridgehead atoms. The minimum Gasteiger partial charge on any atom is -0.180 e. The summed E-state index contributed by atoms with van der Waals surface area (Å²) >= 11 is 0. The van der Waals surface area contributed by atoms with Gasteiger partial charge in [-0.2, -0.15) is 106 Å². The number of aryl methyl sites for hydroxylation is 6. The molecule has 1 radical (unpaired) electrons. The molecule has 3 aromatic rings. The average Bonchev–Trinajstić information content (AvgIpc) is 2.57. The third kappa shape index (κ3) is 9.29. The first-order valence-electron chi connectivity index (χ1n) is 8.23. The van der Waals surface area contributed by atoms with Crippen LogP contribution in [0.4, 0.5) is 0 Å². The summed E-state index contributed by atoms with van der Waals surface area (Å²) in [6, 6.07) is 27.4.